The van der Waals surface area contributed by atoms with Gasteiger partial charge in [0, 0.05) is 22.6 Å². The summed E-state index contributed by atoms with van der Waals surface area (Å²) < 4.78 is 5.20. The third-order valence-corrected chi connectivity index (χ3v) is 3.59. The predicted octanol–water partition coefficient (Wildman–Crippen LogP) is 3.19. The van der Waals surface area contributed by atoms with Crippen LogP contribution in [0.3, 0.4) is 0 Å². The van der Waals surface area contributed by atoms with Crippen molar-refractivity contribution in [2.45, 2.75) is 13.8 Å². The number of hydrogen-bond acceptors (Lipinski definition) is 5. The fourth-order valence-electron chi connectivity index (χ4n) is 2.60. The van der Waals surface area contributed by atoms with Gasteiger partial charge in [-0.25, -0.2) is 4.79 Å². The Hall–Kier alpha value is -2.95. The van der Waals surface area contributed by atoms with Crippen LogP contribution in [0.4, 0.5) is 0 Å². The van der Waals surface area contributed by atoms with Crippen LogP contribution in [-0.4, -0.2) is 15.3 Å². The molecule has 0 radical (unpaired) electrons. The van der Waals surface area contributed by atoms with Crippen LogP contribution in [0.25, 0.3) is 22.1 Å². The van der Waals surface area contributed by atoms with E-state index in [0.717, 1.165) is 0 Å². The fraction of sp³-hybridized carbons (Fsp3) is 0.118. The summed E-state index contributed by atoms with van der Waals surface area (Å²) in [5, 5.41) is 30.3. The third kappa shape index (κ3) is 2.16. The van der Waals surface area contributed by atoms with E-state index in [1.165, 1.54) is 30.3 Å². The van der Waals surface area contributed by atoms with E-state index >= 15 is 0 Å². The first-order chi connectivity index (χ1) is 10.4. The monoisotopic (exact) mass is 298 g/mol. The Labute approximate surface area is 125 Å². The number of benzene rings is 2. The van der Waals surface area contributed by atoms with Crippen LogP contribution < -0.4 is 5.63 Å². The maximum Gasteiger partial charge on any atom is 0.336 e. The summed E-state index contributed by atoms with van der Waals surface area (Å²) in [7, 11) is 0. The second-order valence-electron chi connectivity index (χ2n) is 5.28. The van der Waals surface area contributed by atoms with Crippen molar-refractivity contribution in [3.8, 4) is 28.4 Å². The topological polar surface area (TPSA) is 90.9 Å². The summed E-state index contributed by atoms with van der Waals surface area (Å²) in [6.07, 6.45) is 0. The van der Waals surface area contributed by atoms with E-state index in [1.807, 2.05) is 0 Å². The predicted molar refractivity (Wildman–Crippen MR) is 82.4 cm³/mol. The van der Waals surface area contributed by atoms with Crippen molar-refractivity contribution in [1.29, 1.82) is 0 Å². The van der Waals surface area contributed by atoms with Gasteiger partial charge in [0.15, 0.2) is 0 Å². The molecule has 3 rings (SSSR count). The molecule has 0 aliphatic heterocycles. The van der Waals surface area contributed by atoms with Crippen LogP contribution in [0, 0.1) is 13.8 Å². The Kier molecular flexibility index (Phi) is 3.06. The minimum Gasteiger partial charge on any atom is -0.508 e. The SMILES string of the molecule is Cc1cc(O)cc(-c2cc(=O)oc3c(C)cc(O)cc23)c1O. The maximum atomic E-state index is 11.8. The summed E-state index contributed by atoms with van der Waals surface area (Å²) in [5.41, 5.74) is 1.54. The lowest BCUT2D eigenvalue weighted by Gasteiger charge is -2.11. The molecule has 112 valence electrons. The highest BCUT2D eigenvalue weighted by Gasteiger charge is 2.16. The van der Waals surface area contributed by atoms with Crippen molar-refractivity contribution in [3.05, 3.63) is 51.9 Å². The van der Waals surface area contributed by atoms with Gasteiger partial charge in [-0.15, -0.1) is 0 Å². The molecular weight excluding hydrogens is 284 g/mol. The molecule has 22 heavy (non-hydrogen) atoms. The molecule has 1 heterocycles. The molecular formula is C17H14O5. The quantitative estimate of drug-likeness (QED) is 0.474. The Morgan fingerprint density at radius 3 is 2.18 bits per heavy atom. The number of fused-ring (bicyclic) bond motifs is 1. The number of phenolic OH excluding ortho intramolecular Hbond substituents is 3. The number of phenols is 3. The van der Waals surface area contributed by atoms with E-state index in [0.29, 0.717) is 33.2 Å². The van der Waals surface area contributed by atoms with Crippen molar-refractivity contribution in [1.82, 2.24) is 0 Å². The molecule has 2 aromatic carbocycles. The van der Waals surface area contributed by atoms with Crippen LogP contribution in [0.1, 0.15) is 11.1 Å². The fourth-order valence-corrected chi connectivity index (χ4v) is 2.60. The molecule has 0 fully saturated rings. The van der Waals surface area contributed by atoms with Gasteiger partial charge in [-0.3, -0.25) is 0 Å². The largest absolute Gasteiger partial charge is 0.508 e. The zero-order chi connectivity index (χ0) is 16.0. The van der Waals surface area contributed by atoms with Crippen LogP contribution in [0.5, 0.6) is 17.2 Å². The molecule has 0 aliphatic rings. The van der Waals surface area contributed by atoms with E-state index in [9.17, 15) is 20.1 Å². The van der Waals surface area contributed by atoms with Gasteiger partial charge in [0.05, 0.1) is 0 Å². The van der Waals surface area contributed by atoms with Crippen molar-refractivity contribution in [3.63, 3.8) is 0 Å². The zero-order valence-corrected chi connectivity index (χ0v) is 12.0. The Bertz CT molecular complexity index is 953. The molecule has 3 N–H and O–H groups in total. The molecule has 3 aromatic rings. The van der Waals surface area contributed by atoms with Crippen molar-refractivity contribution in [2.75, 3.05) is 0 Å². The molecule has 0 aliphatic carbocycles. The lowest BCUT2D eigenvalue weighted by molar-refractivity contribution is 0.458. The van der Waals surface area contributed by atoms with E-state index < -0.39 is 5.63 Å². The first-order valence-corrected chi connectivity index (χ1v) is 6.67. The minimum atomic E-state index is -0.573. The normalized spacial score (nSPS) is 11.0. The highest BCUT2D eigenvalue weighted by Crippen LogP contribution is 2.39. The lowest BCUT2D eigenvalue weighted by Crippen LogP contribution is -1.99. The molecule has 5 heteroatoms. The standard InChI is InChI=1S/C17H14O5/c1-8-3-10(18)5-13(16(8)21)12-7-15(20)22-17-9(2)4-11(19)6-14(12)17/h3-7,18-19,21H,1-2H3. The van der Waals surface area contributed by atoms with Gasteiger partial charge >= 0.3 is 5.63 Å². The lowest BCUT2D eigenvalue weighted by atomic mass is 9.97. The second-order valence-corrected chi connectivity index (χ2v) is 5.28. The number of hydrogen-bond donors (Lipinski definition) is 3. The first-order valence-electron chi connectivity index (χ1n) is 6.67. The Morgan fingerprint density at radius 1 is 0.818 bits per heavy atom. The first kappa shape index (κ1) is 14.0. The van der Waals surface area contributed by atoms with Crippen LogP contribution >= 0.6 is 0 Å². The molecule has 0 unspecified atom stereocenters. The van der Waals surface area contributed by atoms with Crippen LogP contribution in [0.2, 0.25) is 0 Å². The molecule has 0 atom stereocenters. The van der Waals surface area contributed by atoms with Crippen molar-refractivity contribution < 1.29 is 19.7 Å². The number of rotatable bonds is 1. The molecule has 0 spiro atoms. The minimum absolute atomic E-state index is 0.0245. The van der Waals surface area contributed by atoms with Crippen LogP contribution in [0.15, 0.2) is 39.5 Å². The van der Waals surface area contributed by atoms with E-state index in [-0.39, 0.29) is 17.2 Å². The Balaban J connectivity index is 2.49. The molecule has 1 aromatic heterocycles. The average Bonchev–Trinajstić information content (AvgIpc) is 2.43. The van der Waals surface area contributed by atoms with Gasteiger partial charge in [0.25, 0.3) is 0 Å². The van der Waals surface area contributed by atoms with Crippen molar-refractivity contribution in [2.24, 2.45) is 0 Å². The van der Waals surface area contributed by atoms with Gasteiger partial charge < -0.3 is 19.7 Å². The Morgan fingerprint density at radius 2 is 1.45 bits per heavy atom. The second kappa shape index (κ2) is 4.80. The van der Waals surface area contributed by atoms with Gasteiger partial charge in [0.2, 0.25) is 0 Å². The molecule has 0 saturated carbocycles. The number of aromatic hydroxyl groups is 3. The van der Waals surface area contributed by atoms with Gasteiger partial charge in [-0.1, -0.05) is 0 Å². The summed E-state index contributed by atoms with van der Waals surface area (Å²) in [6, 6.07) is 6.97. The van der Waals surface area contributed by atoms with E-state index in [1.54, 1.807) is 13.8 Å². The summed E-state index contributed by atoms with van der Waals surface area (Å²) in [4.78, 5) is 11.8. The van der Waals surface area contributed by atoms with E-state index in [2.05, 4.69) is 0 Å². The van der Waals surface area contributed by atoms with Gasteiger partial charge in [-0.05, 0) is 49.2 Å². The maximum absolute atomic E-state index is 11.8. The molecule has 5 nitrogen and oxygen atoms in total. The summed E-state index contributed by atoms with van der Waals surface area (Å²) >= 11 is 0. The van der Waals surface area contributed by atoms with Crippen molar-refractivity contribution >= 4 is 11.0 Å². The smallest absolute Gasteiger partial charge is 0.336 e. The zero-order valence-electron chi connectivity index (χ0n) is 12.0. The summed E-state index contributed by atoms with van der Waals surface area (Å²) in [5.74, 6) is -0.0364. The summed E-state index contributed by atoms with van der Waals surface area (Å²) in [6.45, 7) is 3.36. The van der Waals surface area contributed by atoms with E-state index in [4.69, 9.17) is 4.42 Å². The van der Waals surface area contributed by atoms with Gasteiger partial charge in [0.1, 0.15) is 22.8 Å². The average molecular weight is 298 g/mol. The van der Waals surface area contributed by atoms with Gasteiger partial charge in [-0.2, -0.15) is 0 Å². The molecule has 0 amide bonds. The highest BCUT2D eigenvalue weighted by atomic mass is 16.4. The number of aryl methyl sites for hydroxylation is 2. The molecule has 0 bridgehead atoms. The van der Waals surface area contributed by atoms with Crippen LogP contribution in [-0.2, 0) is 0 Å². The third-order valence-electron chi connectivity index (χ3n) is 3.59. The molecule has 0 saturated heterocycles. The highest BCUT2D eigenvalue weighted by molar-refractivity contribution is 5.97.